The highest BCUT2D eigenvalue weighted by atomic mass is 19.1. The Kier molecular flexibility index (Phi) is 4.35. The highest BCUT2D eigenvalue weighted by molar-refractivity contribution is 5.20. The van der Waals surface area contributed by atoms with Gasteiger partial charge in [-0.2, -0.15) is 0 Å². The second-order valence-corrected chi connectivity index (χ2v) is 6.39. The normalized spacial score (nSPS) is 21.3. The molecule has 2 aliphatic carbocycles. The molecule has 0 aliphatic heterocycles. The first-order chi connectivity index (χ1) is 9.74. The summed E-state index contributed by atoms with van der Waals surface area (Å²) >= 11 is 0. The van der Waals surface area contributed by atoms with Crippen molar-refractivity contribution < 1.29 is 8.78 Å². The van der Waals surface area contributed by atoms with Crippen molar-refractivity contribution in [1.82, 2.24) is 5.32 Å². The zero-order valence-corrected chi connectivity index (χ0v) is 11.9. The molecule has 2 saturated carbocycles. The van der Waals surface area contributed by atoms with Gasteiger partial charge in [0.25, 0.3) is 0 Å². The average Bonchev–Trinajstić information content (AvgIpc) is 3.10. The number of hydrogen-bond donors (Lipinski definition) is 1. The van der Waals surface area contributed by atoms with E-state index in [0.717, 1.165) is 6.54 Å². The Labute approximate surface area is 119 Å². The zero-order valence-electron chi connectivity index (χ0n) is 11.9. The summed E-state index contributed by atoms with van der Waals surface area (Å²) in [7, 11) is 0. The number of nitrogens with one attached hydrogen (secondary N) is 1. The van der Waals surface area contributed by atoms with Gasteiger partial charge in [0.2, 0.25) is 0 Å². The van der Waals surface area contributed by atoms with Crippen LogP contribution in [0.2, 0.25) is 0 Å². The minimum atomic E-state index is -0.389. The van der Waals surface area contributed by atoms with Crippen LogP contribution in [0.3, 0.4) is 0 Å². The first-order valence-electron chi connectivity index (χ1n) is 7.90. The summed E-state index contributed by atoms with van der Waals surface area (Å²) in [6, 6.07) is 4.85. The minimum absolute atomic E-state index is 0.280. The Morgan fingerprint density at radius 3 is 2.30 bits per heavy atom. The molecule has 2 fully saturated rings. The summed E-state index contributed by atoms with van der Waals surface area (Å²) in [5.74, 6) is 0.212. The molecule has 1 unspecified atom stereocenters. The molecule has 1 N–H and O–H groups in total. The van der Waals surface area contributed by atoms with Gasteiger partial charge in [-0.25, -0.2) is 8.78 Å². The number of benzene rings is 1. The summed E-state index contributed by atoms with van der Waals surface area (Å²) in [4.78, 5) is 0. The number of halogens is 2. The van der Waals surface area contributed by atoms with Crippen molar-refractivity contribution in [3.05, 3.63) is 35.4 Å². The predicted molar refractivity (Wildman–Crippen MR) is 76.5 cm³/mol. The fourth-order valence-electron chi connectivity index (χ4n) is 3.43. The van der Waals surface area contributed by atoms with Crippen molar-refractivity contribution >= 4 is 0 Å². The minimum Gasteiger partial charge on any atom is -0.314 e. The first-order valence-corrected chi connectivity index (χ1v) is 7.90. The van der Waals surface area contributed by atoms with E-state index in [0.29, 0.717) is 24.3 Å². The molecule has 1 aromatic carbocycles. The quantitative estimate of drug-likeness (QED) is 0.828. The van der Waals surface area contributed by atoms with Crippen LogP contribution in [0.5, 0.6) is 0 Å². The van der Waals surface area contributed by atoms with Crippen molar-refractivity contribution in [2.24, 2.45) is 11.8 Å². The van der Waals surface area contributed by atoms with Crippen LogP contribution in [0.15, 0.2) is 18.2 Å². The van der Waals surface area contributed by atoms with E-state index in [-0.39, 0.29) is 17.2 Å². The smallest absolute Gasteiger partial charge is 0.129 e. The summed E-state index contributed by atoms with van der Waals surface area (Å²) in [6.45, 7) is 0.906. The second-order valence-electron chi connectivity index (χ2n) is 6.39. The SMILES string of the molecule is Fc1cccc(F)c1CC(CNC1CC1)C1CCCC1. The molecule has 0 aromatic heterocycles. The molecular weight excluding hydrogens is 256 g/mol. The first kappa shape index (κ1) is 14.0. The van der Waals surface area contributed by atoms with Crippen molar-refractivity contribution in [2.75, 3.05) is 6.54 Å². The Morgan fingerprint density at radius 1 is 1.05 bits per heavy atom. The molecular formula is C17H23F2N. The van der Waals surface area contributed by atoms with Crippen LogP contribution in [0.1, 0.15) is 44.1 Å². The molecule has 0 amide bonds. The molecule has 1 aromatic rings. The van der Waals surface area contributed by atoms with Gasteiger partial charge in [-0.05, 0) is 49.8 Å². The van der Waals surface area contributed by atoms with E-state index >= 15 is 0 Å². The lowest BCUT2D eigenvalue weighted by atomic mass is 9.85. The molecule has 1 nitrogen and oxygen atoms in total. The molecule has 0 bridgehead atoms. The highest BCUT2D eigenvalue weighted by Crippen LogP contribution is 2.34. The molecule has 3 rings (SSSR count). The van der Waals surface area contributed by atoms with Gasteiger partial charge < -0.3 is 5.32 Å². The molecule has 20 heavy (non-hydrogen) atoms. The summed E-state index contributed by atoms with van der Waals surface area (Å²) in [5.41, 5.74) is 0.280. The van der Waals surface area contributed by atoms with Crippen molar-refractivity contribution in [3.8, 4) is 0 Å². The zero-order chi connectivity index (χ0) is 13.9. The molecule has 3 heteroatoms. The van der Waals surface area contributed by atoms with Gasteiger partial charge in [-0.15, -0.1) is 0 Å². The van der Waals surface area contributed by atoms with Gasteiger partial charge in [0.05, 0.1) is 0 Å². The molecule has 2 aliphatic rings. The van der Waals surface area contributed by atoms with E-state index in [1.54, 1.807) is 0 Å². The summed E-state index contributed by atoms with van der Waals surface area (Å²) in [6.07, 6.45) is 8.01. The lowest BCUT2D eigenvalue weighted by molar-refractivity contribution is 0.313. The van der Waals surface area contributed by atoms with Gasteiger partial charge in [0, 0.05) is 11.6 Å². The molecule has 110 valence electrons. The van der Waals surface area contributed by atoms with E-state index in [1.807, 2.05) is 0 Å². The molecule has 0 spiro atoms. The third kappa shape index (κ3) is 3.38. The number of hydrogen-bond acceptors (Lipinski definition) is 1. The Morgan fingerprint density at radius 2 is 1.70 bits per heavy atom. The maximum Gasteiger partial charge on any atom is 0.129 e. The van der Waals surface area contributed by atoms with Gasteiger partial charge >= 0.3 is 0 Å². The Hall–Kier alpha value is -0.960. The largest absolute Gasteiger partial charge is 0.314 e. The molecule has 0 saturated heterocycles. The van der Waals surface area contributed by atoms with Crippen molar-refractivity contribution in [3.63, 3.8) is 0 Å². The Bertz CT molecular complexity index is 430. The molecule has 0 heterocycles. The predicted octanol–water partition coefficient (Wildman–Crippen LogP) is 4.07. The van der Waals surface area contributed by atoms with Crippen LogP contribution in [0, 0.1) is 23.5 Å². The maximum absolute atomic E-state index is 13.8. The van der Waals surface area contributed by atoms with Crippen LogP contribution in [-0.4, -0.2) is 12.6 Å². The third-order valence-corrected chi connectivity index (χ3v) is 4.84. The monoisotopic (exact) mass is 279 g/mol. The van der Waals surface area contributed by atoms with Crippen molar-refractivity contribution in [1.29, 1.82) is 0 Å². The van der Waals surface area contributed by atoms with Gasteiger partial charge in [0.15, 0.2) is 0 Å². The lowest BCUT2D eigenvalue weighted by Crippen LogP contribution is -2.30. The van der Waals surface area contributed by atoms with Gasteiger partial charge in [-0.1, -0.05) is 31.7 Å². The van der Waals surface area contributed by atoms with Crippen LogP contribution in [0.25, 0.3) is 0 Å². The van der Waals surface area contributed by atoms with Crippen molar-refractivity contribution in [2.45, 2.75) is 51.0 Å². The van der Waals surface area contributed by atoms with Crippen LogP contribution in [0.4, 0.5) is 8.78 Å². The van der Waals surface area contributed by atoms with Crippen LogP contribution >= 0.6 is 0 Å². The maximum atomic E-state index is 13.8. The Balaban J connectivity index is 1.70. The van der Waals surface area contributed by atoms with Gasteiger partial charge in [0.1, 0.15) is 11.6 Å². The van der Waals surface area contributed by atoms with E-state index in [4.69, 9.17) is 0 Å². The summed E-state index contributed by atoms with van der Waals surface area (Å²) in [5, 5.41) is 3.55. The van der Waals surface area contributed by atoms with E-state index < -0.39 is 0 Å². The van der Waals surface area contributed by atoms with E-state index in [2.05, 4.69) is 5.32 Å². The topological polar surface area (TPSA) is 12.0 Å². The fourth-order valence-corrected chi connectivity index (χ4v) is 3.43. The average molecular weight is 279 g/mol. The fraction of sp³-hybridized carbons (Fsp3) is 0.647. The molecule has 1 atom stereocenters. The highest BCUT2D eigenvalue weighted by Gasteiger charge is 2.29. The number of rotatable bonds is 6. The van der Waals surface area contributed by atoms with E-state index in [1.165, 1.54) is 56.7 Å². The van der Waals surface area contributed by atoms with Gasteiger partial charge in [-0.3, -0.25) is 0 Å². The summed E-state index contributed by atoms with van der Waals surface area (Å²) < 4.78 is 27.7. The lowest BCUT2D eigenvalue weighted by Gasteiger charge is -2.24. The standard InChI is InChI=1S/C17H23F2N/c18-16-6-3-7-17(19)15(16)10-13(11-20-14-8-9-14)12-4-1-2-5-12/h3,6-7,12-14,20H,1-2,4-5,8-11H2. The third-order valence-electron chi connectivity index (χ3n) is 4.84. The molecule has 0 radical (unpaired) electrons. The second kappa shape index (κ2) is 6.21. The van der Waals surface area contributed by atoms with E-state index in [9.17, 15) is 8.78 Å². The van der Waals surface area contributed by atoms with Crippen LogP contribution in [-0.2, 0) is 6.42 Å². The van der Waals surface area contributed by atoms with Crippen LogP contribution < -0.4 is 5.32 Å².